The van der Waals surface area contributed by atoms with Crippen molar-refractivity contribution < 1.29 is 0 Å². The maximum atomic E-state index is 5.57. The van der Waals surface area contributed by atoms with Crippen LogP contribution in [-0.2, 0) is 6.42 Å². The summed E-state index contributed by atoms with van der Waals surface area (Å²) < 4.78 is 1.19. The number of hydrogen-bond acceptors (Lipinski definition) is 4. The van der Waals surface area contributed by atoms with E-state index in [9.17, 15) is 0 Å². The summed E-state index contributed by atoms with van der Waals surface area (Å²) >= 11 is 7.23. The summed E-state index contributed by atoms with van der Waals surface area (Å²) in [6.45, 7) is 4.49. The zero-order valence-corrected chi connectivity index (χ0v) is 12.9. The zero-order chi connectivity index (χ0) is 12.0. The van der Waals surface area contributed by atoms with E-state index >= 15 is 0 Å². The van der Waals surface area contributed by atoms with Gasteiger partial charge in [-0.15, -0.1) is 11.3 Å². The van der Waals surface area contributed by atoms with E-state index in [4.69, 9.17) is 5.84 Å². The van der Waals surface area contributed by atoms with Gasteiger partial charge in [0, 0.05) is 16.7 Å². The van der Waals surface area contributed by atoms with Crippen molar-refractivity contribution in [3.05, 3.63) is 20.8 Å². The highest BCUT2D eigenvalue weighted by Crippen LogP contribution is 2.23. The molecule has 1 unspecified atom stereocenters. The van der Waals surface area contributed by atoms with Crippen molar-refractivity contribution in [2.24, 2.45) is 11.8 Å². The Bertz CT molecular complexity index is 302. The van der Waals surface area contributed by atoms with E-state index < -0.39 is 0 Å². The minimum absolute atomic E-state index is 0.370. The summed E-state index contributed by atoms with van der Waals surface area (Å²) in [7, 11) is 0. The lowest BCUT2D eigenvalue weighted by Crippen LogP contribution is -2.38. The number of hydrazine groups is 1. The molecule has 16 heavy (non-hydrogen) atoms. The monoisotopic (exact) mass is 322 g/mol. The van der Waals surface area contributed by atoms with Gasteiger partial charge in [0.1, 0.15) is 0 Å². The highest BCUT2D eigenvalue weighted by atomic mass is 79.9. The first-order valence-corrected chi connectivity index (χ1v) is 8.16. The van der Waals surface area contributed by atoms with E-state index in [0.717, 1.165) is 18.1 Å². The molecule has 0 amide bonds. The van der Waals surface area contributed by atoms with Gasteiger partial charge in [0.25, 0.3) is 0 Å². The molecule has 0 aliphatic heterocycles. The quantitative estimate of drug-likeness (QED) is 0.597. The van der Waals surface area contributed by atoms with E-state index in [1.165, 1.54) is 14.4 Å². The van der Waals surface area contributed by atoms with Gasteiger partial charge < -0.3 is 0 Å². The lowest BCUT2D eigenvalue weighted by molar-refractivity contribution is 0.578. The lowest BCUT2D eigenvalue weighted by Gasteiger charge is -2.15. The van der Waals surface area contributed by atoms with Crippen LogP contribution in [0, 0.1) is 5.92 Å². The fraction of sp³-hybridized carbons (Fsp3) is 0.636. The van der Waals surface area contributed by atoms with Gasteiger partial charge in [-0.05, 0) is 46.2 Å². The number of rotatable bonds is 7. The summed E-state index contributed by atoms with van der Waals surface area (Å²) in [6.07, 6.45) is 1.01. The second kappa shape index (κ2) is 7.71. The molecule has 0 aliphatic rings. The molecule has 0 saturated carbocycles. The van der Waals surface area contributed by atoms with Gasteiger partial charge in [-0.1, -0.05) is 13.8 Å². The van der Waals surface area contributed by atoms with Crippen LogP contribution in [0.4, 0.5) is 0 Å². The van der Waals surface area contributed by atoms with Crippen molar-refractivity contribution in [2.45, 2.75) is 26.3 Å². The molecule has 0 aromatic carbocycles. The minimum atomic E-state index is 0.370. The van der Waals surface area contributed by atoms with Gasteiger partial charge in [-0.2, -0.15) is 11.8 Å². The highest BCUT2D eigenvalue weighted by molar-refractivity contribution is 9.11. The number of nitrogens with one attached hydrogen (secondary N) is 1. The molecule has 0 fully saturated rings. The highest BCUT2D eigenvalue weighted by Gasteiger charge is 2.09. The fourth-order valence-corrected chi connectivity index (χ4v) is 3.99. The van der Waals surface area contributed by atoms with Gasteiger partial charge in [0.2, 0.25) is 0 Å². The van der Waals surface area contributed by atoms with Gasteiger partial charge >= 0.3 is 0 Å². The Morgan fingerprint density at radius 3 is 2.69 bits per heavy atom. The average molecular weight is 323 g/mol. The molecule has 0 saturated heterocycles. The van der Waals surface area contributed by atoms with Crippen LogP contribution >= 0.6 is 39.0 Å². The van der Waals surface area contributed by atoms with Crippen molar-refractivity contribution >= 4 is 39.0 Å². The van der Waals surface area contributed by atoms with Gasteiger partial charge in [0.15, 0.2) is 0 Å². The van der Waals surface area contributed by atoms with Crippen LogP contribution in [0.25, 0.3) is 0 Å². The van der Waals surface area contributed by atoms with E-state index in [1.54, 1.807) is 11.3 Å². The Morgan fingerprint density at radius 1 is 1.44 bits per heavy atom. The SMILES string of the molecule is CC(C)CSCC(Cc1ccc(Br)s1)NN. The predicted molar refractivity (Wildman–Crippen MR) is 79.0 cm³/mol. The summed E-state index contributed by atoms with van der Waals surface area (Å²) in [5, 5.41) is 0. The molecule has 0 aliphatic carbocycles. The molecule has 5 heteroatoms. The summed E-state index contributed by atoms with van der Waals surface area (Å²) in [4.78, 5) is 1.37. The maximum absolute atomic E-state index is 5.57. The molecule has 92 valence electrons. The minimum Gasteiger partial charge on any atom is -0.271 e. The molecule has 3 N–H and O–H groups in total. The van der Waals surface area contributed by atoms with Crippen LogP contribution in [0.3, 0.4) is 0 Å². The molecule has 1 aromatic rings. The number of hydrogen-bond donors (Lipinski definition) is 2. The Balaban J connectivity index is 2.31. The first-order chi connectivity index (χ1) is 7.61. The molecule has 1 rings (SSSR count). The second-order valence-corrected chi connectivity index (χ2v) is 7.83. The van der Waals surface area contributed by atoms with Crippen molar-refractivity contribution in [1.82, 2.24) is 5.43 Å². The van der Waals surface area contributed by atoms with Crippen molar-refractivity contribution in [2.75, 3.05) is 11.5 Å². The molecule has 0 spiro atoms. The van der Waals surface area contributed by atoms with Gasteiger partial charge in [0.05, 0.1) is 3.79 Å². The van der Waals surface area contributed by atoms with Crippen LogP contribution in [0.5, 0.6) is 0 Å². The Kier molecular flexibility index (Phi) is 7.00. The number of nitrogens with two attached hydrogens (primary N) is 1. The standard InChI is InChI=1S/C11H19BrN2S2/c1-8(2)6-15-7-9(14-13)5-10-3-4-11(12)16-10/h3-4,8-9,14H,5-7,13H2,1-2H3. The van der Waals surface area contributed by atoms with E-state index in [1.807, 2.05) is 11.8 Å². The molecule has 1 atom stereocenters. The molecule has 1 heterocycles. The van der Waals surface area contributed by atoms with Crippen molar-refractivity contribution in [1.29, 1.82) is 0 Å². The van der Waals surface area contributed by atoms with E-state index in [2.05, 4.69) is 47.3 Å². The zero-order valence-electron chi connectivity index (χ0n) is 9.70. The Hall–Kier alpha value is 0.450. The number of halogens is 1. The normalized spacial score (nSPS) is 13.3. The van der Waals surface area contributed by atoms with Gasteiger partial charge in [-0.3, -0.25) is 11.3 Å². The lowest BCUT2D eigenvalue weighted by atomic mass is 10.2. The van der Waals surface area contributed by atoms with E-state index in [0.29, 0.717) is 6.04 Å². The third kappa shape index (κ3) is 5.68. The fourth-order valence-electron chi connectivity index (χ4n) is 1.32. The topological polar surface area (TPSA) is 38.0 Å². The molecular formula is C11H19BrN2S2. The van der Waals surface area contributed by atoms with E-state index in [-0.39, 0.29) is 0 Å². The summed E-state index contributed by atoms with van der Waals surface area (Å²) in [6, 6.07) is 4.62. The Labute approximate surface area is 114 Å². The third-order valence-electron chi connectivity index (χ3n) is 2.08. The van der Waals surface area contributed by atoms with Crippen LogP contribution in [0.1, 0.15) is 18.7 Å². The Morgan fingerprint density at radius 2 is 2.19 bits per heavy atom. The number of thiophene rings is 1. The first kappa shape index (κ1) is 14.5. The maximum Gasteiger partial charge on any atom is 0.0701 e. The van der Waals surface area contributed by atoms with Crippen LogP contribution in [-0.4, -0.2) is 17.5 Å². The smallest absolute Gasteiger partial charge is 0.0701 e. The predicted octanol–water partition coefficient (Wildman–Crippen LogP) is 3.27. The first-order valence-electron chi connectivity index (χ1n) is 5.40. The second-order valence-electron chi connectivity index (χ2n) is 4.20. The summed E-state index contributed by atoms with van der Waals surface area (Å²) in [5.74, 6) is 8.60. The largest absolute Gasteiger partial charge is 0.271 e. The van der Waals surface area contributed by atoms with Gasteiger partial charge in [-0.25, -0.2) is 0 Å². The number of thioether (sulfide) groups is 1. The molecular weight excluding hydrogens is 304 g/mol. The van der Waals surface area contributed by atoms with Crippen LogP contribution < -0.4 is 11.3 Å². The summed E-state index contributed by atoms with van der Waals surface area (Å²) in [5.41, 5.74) is 2.90. The molecule has 0 radical (unpaired) electrons. The molecule has 1 aromatic heterocycles. The van der Waals surface area contributed by atoms with Crippen LogP contribution in [0.2, 0.25) is 0 Å². The molecule has 2 nitrogen and oxygen atoms in total. The molecule has 0 bridgehead atoms. The van der Waals surface area contributed by atoms with Crippen LogP contribution in [0.15, 0.2) is 15.9 Å². The van der Waals surface area contributed by atoms with Crippen molar-refractivity contribution in [3.63, 3.8) is 0 Å². The third-order valence-corrected chi connectivity index (χ3v) is 5.27. The average Bonchev–Trinajstić information content (AvgIpc) is 2.62. The van der Waals surface area contributed by atoms with Crippen molar-refractivity contribution in [3.8, 4) is 0 Å².